The molecule has 2 rings (SSSR count). The third-order valence-electron chi connectivity index (χ3n) is 5.10. The fraction of sp³-hybridized carbons (Fsp3) is 1.00. The number of nitrogens with one attached hydrogen (secondary N) is 1. The van der Waals surface area contributed by atoms with E-state index in [9.17, 15) is 0 Å². The first-order chi connectivity index (χ1) is 6.54. The maximum atomic E-state index is 3.73. The molecule has 0 spiro atoms. The van der Waals surface area contributed by atoms with Gasteiger partial charge in [-0.3, -0.25) is 0 Å². The van der Waals surface area contributed by atoms with Crippen molar-refractivity contribution in [2.45, 2.75) is 40.7 Å². The van der Waals surface area contributed by atoms with E-state index in [4.69, 9.17) is 0 Å². The van der Waals surface area contributed by atoms with Crippen LogP contribution < -0.4 is 5.32 Å². The van der Waals surface area contributed by atoms with Crippen LogP contribution in [0.25, 0.3) is 0 Å². The summed E-state index contributed by atoms with van der Waals surface area (Å²) in [5, 5.41) is 3.73. The van der Waals surface area contributed by atoms with E-state index in [0.29, 0.717) is 0 Å². The minimum Gasteiger partial charge on any atom is -0.313 e. The summed E-state index contributed by atoms with van der Waals surface area (Å²) in [5.74, 6) is 5.37. The monoisotopic (exact) mass is 195 g/mol. The third kappa shape index (κ3) is 1.32. The average Bonchev–Trinajstić information content (AvgIpc) is 2.40. The van der Waals surface area contributed by atoms with Crippen molar-refractivity contribution in [1.82, 2.24) is 5.32 Å². The quantitative estimate of drug-likeness (QED) is 0.678. The van der Waals surface area contributed by atoms with Crippen LogP contribution in [0.2, 0.25) is 0 Å². The summed E-state index contributed by atoms with van der Waals surface area (Å²) in [6.45, 7) is 13.4. The molecule has 14 heavy (non-hydrogen) atoms. The Morgan fingerprint density at radius 3 is 2.21 bits per heavy atom. The minimum absolute atomic E-state index is 0.796. The molecule has 1 N–H and O–H groups in total. The van der Waals surface area contributed by atoms with Crippen molar-refractivity contribution in [3.8, 4) is 0 Å². The fourth-order valence-corrected chi connectivity index (χ4v) is 4.23. The van der Waals surface area contributed by atoms with Gasteiger partial charge in [-0.15, -0.1) is 0 Å². The Bertz CT molecular complexity index is 211. The Labute approximate surface area is 88.7 Å². The molecule has 2 fully saturated rings. The van der Waals surface area contributed by atoms with Crippen molar-refractivity contribution < 1.29 is 0 Å². The van der Waals surface area contributed by atoms with Gasteiger partial charge in [-0.05, 0) is 42.1 Å². The van der Waals surface area contributed by atoms with E-state index < -0.39 is 0 Å². The van der Waals surface area contributed by atoms with Crippen LogP contribution >= 0.6 is 0 Å². The second-order valence-corrected chi connectivity index (χ2v) is 6.00. The SMILES string of the molecule is CC(C)C1C(C)C(C)C2NCC1C2C. The molecule has 1 aliphatic carbocycles. The molecular formula is C13H25N. The molecular weight excluding hydrogens is 170 g/mol. The highest BCUT2D eigenvalue weighted by Crippen LogP contribution is 2.48. The zero-order chi connectivity index (χ0) is 10.5. The molecule has 6 unspecified atom stereocenters. The lowest BCUT2D eigenvalue weighted by Crippen LogP contribution is -2.45. The summed E-state index contributed by atoms with van der Waals surface area (Å²) in [4.78, 5) is 0. The zero-order valence-corrected chi connectivity index (χ0v) is 10.2. The van der Waals surface area contributed by atoms with Gasteiger partial charge >= 0.3 is 0 Å². The number of hydrogen-bond donors (Lipinski definition) is 1. The molecule has 1 heteroatoms. The molecule has 1 nitrogen and oxygen atoms in total. The van der Waals surface area contributed by atoms with Gasteiger partial charge in [-0.25, -0.2) is 0 Å². The van der Waals surface area contributed by atoms with Crippen molar-refractivity contribution in [1.29, 1.82) is 0 Å². The Balaban J connectivity index is 2.24. The molecule has 0 aromatic heterocycles. The number of hydrogen-bond acceptors (Lipinski definition) is 1. The van der Waals surface area contributed by atoms with Crippen LogP contribution in [-0.2, 0) is 0 Å². The highest BCUT2D eigenvalue weighted by Gasteiger charge is 2.49. The molecule has 0 radical (unpaired) electrons. The zero-order valence-electron chi connectivity index (χ0n) is 10.2. The van der Waals surface area contributed by atoms with Crippen molar-refractivity contribution in [3.05, 3.63) is 0 Å². The highest BCUT2D eigenvalue weighted by molar-refractivity contribution is 5.02. The van der Waals surface area contributed by atoms with Gasteiger partial charge in [0.15, 0.2) is 0 Å². The first-order valence-electron chi connectivity index (χ1n) is 6.27. The van der Waals surface area contributed by atoms with Crippen molar-refractivity contribution in [2.24, 2.45) is 35.5 Å². The Kier molecular flexibility index (Phi) is 2.63. The van der Waals surface area contributed by atoms with E-state index in [1.165, 1.54) is 6.54 Å². The van der Waals surface area contributed by atoms with E-state index in [-0.39, 0.29) is 0 Å². The van der Waals surface area contributed by atoms with Crippen molar-refractivity contribution >= 4 is 0 Å². The maximum absolute atomic E-state index is 3.73. The van der Waals surface area contributed by atoms with Crippen LogP contribution in [-0.4, -0.2) is 12.6 Å². The van der Waals surface area contributed by atoms with Crippen LogP contribution in [0.15, 0.2) is 0 Å². The van der Waals surface area contributed by atoms with E-state index in [0.717, 1.165) is 41.5 Å². The van der Waals surface area contributed by atoms with Gasteiger partial charge in [0, 0.05) is 6.04 Å². The molecule has 2 aliphatic rings. The van der Waals surface area contributed by atoms with E-state index in [2.05, 4.69) is 39.9 Å². The van der Waals surface area contributed by atoms with E-state index >= 15 is 0 Å². The lowest BCUT2D eigenvalue weighted by atomic mass is 9.60. The molecule has 1 heterocycles. The predicted molar refractivity (Wildman–Crippen MR) is 61.1 cm³/mol. The average molecular weight is 195 g/mol. The van der Waals surface area contributed by atoms with E-state index in [1.54, 1.807) is 0 Å². The molecule has 0 amide bonds. The molecule has 0 aromatic rings. The van der Waals surface area contributed by atoms with Gasteiger partial charge in [0.1, 0.15) is 0 Å². The largest absolute Gasteiger partial charge is 0.313 e. The van der Waals surface area contributed by atoms with Crippen molar-refractivity contribution in [2.75, 3.05) is 6.54 Å². The predicted octanol–water partition coefficient (Wildman–Crippen LogP) is 2.77. The molecule has 1 aliphatic heterocycles. The van der Waals surface area contributed by atoms with Gasteiger partial charge in [-0.2, -0.15) is 0 Å². The normalized spacial score (nSPS) is 52.7. The minimum atomic E-state index is 0.796. The standard InChI is InChI=1S/C13H25N/c1-7(2)12-8(3)9(4)13-10(5)11(12)6-14-13/h7-14H,6H2,1-5H3. The van der Waals surface area contributed by atoms with Crippen LogP contribution in [0.4, 0.5) is 0 Å². The summed E-state index contributed by atoms with van der Waals surface area (Å²) in [6, 6.07) is 0.796. The summed E-state index contributed by atoms with van der Waals surface area (Å²) in [5.41, 5.74) is 0. The first kappa shape index (κ1) is 10.5. The molecule has 82 valence electrons. The first-order valence-corrected chi connectivity index (χ1v) is 6.27. The molecule has 1 saturated carbocycles. The van der Waals surface area contributed by atoms with Crippen LogP contribution in [0, 0.1) is 35.5 Å². The van der Waals surface area contributed by atoms with Crippen LogP contribution in [0.1, 0.15) is 34.6 Å². The van der Waals surface area contributed by atoms with Gasteiger partial charge in [0.25, 0.3) is 0 Å². The van der Waals surface area contributed by atoms with Gasteiger partial charge < -0.3 is 5.32 Å². The second kappa shape index (κ2) is 3.52. The topological polar surface area (TPSA) is 12.0 Å². The smallest absolute Gasteiger partial charge is 0.0124 e. The Hall–Kier alpha value is -0.0400. The Morgan fingerprint density at radius 2 is 1.64 bits per heavy atom. The lowest BCUT2D eigenvalue weighted by molar-refractivity contribution is 0.0538. The molecule has 0 aromatic carbocycles. The molecule has 1 saturated heterocycles. The van der Waals surface area contributed by atoms with Crippen LogP contribution in [0.3, 0.4) is 0 Å². The number of rotatable bonds is 1. The lowest BCUT2D eigenvalue weighted by Gasteiger charge is -2.45. The van der Waals surface area contributed by atoms with Gasteiger partial charge in [0.05, 0.1) is 0 Å². The van der Waals surface area contributed by atoms with Gasteiger partial charge in [0.2, 0.25) is 0 Å². The second-order valence-electron chi connectivity index (χ2n) is 6.00. The summed E-state index contributed by atoms with van der Waals surface area (Å²) in [7, 11) is 0. The van der Waals surface area contributed by atoms with Gasteiger partial charge in [-0.1, -0.05) is 34.6 Å². The summed E-state index contributed by atoms with van der Waals surface area (Å²) in [6.07, 6.45) is 0. The molecule has 6 atom stereocenters. The Morgan fingerprint density at radius 1 is 1.00 bits per heavy atom. The number of fused-ring (bicyclic) bond motifs is 2. The fourth-order valence-electron chi connectivity index (χ4n) is 4.23. The summed E-state index contributed by atoms with van der Waals surface area (Å²) < 4.78 is 0. The van der Waals surface area contributed by atoms with E-state index in [1.807, 2.05) is 0 Å². The van der Waals surface area contributed by atoms with Crippen molar-refractivity contribution in [3.63, 3.8) is 0 Å². The highest BCUT2D eigenvalue weighted by atomic mass is 15.0. The molecule has 2 bridgehead atoms. The summed E-state index contributed by atoms with van der Waals surface area (Å²) >= 11 is 0. The van der Waals surface area contributed by atoms with Crippen LogP contribution in [0.5, 0.6) is 0 Å². The third-order valence-corrected chi connectivity index (χ3v) is 5.10. The maximum Gasteiger partial charge on any atom is 0.0124 e.